The largest absolute Gasteiger partial charge is 0.352 e. The molecule has 1 heterocycles. The Morgan fingerprint density at radius 1 is 1.29 bits per heavy atom. The maximum Gasteiger partial charge on any atom is 0.251 e. The zero-order valence-corrected chi connectivity index (χ0v) is 10.1. The molecule has 1 amide bonds. The number of rotatable bonds is 4. The number of benzene rings is 1. The zero-order chi connectivity index (χ0) is 12.1. The van der Waals surface area contributed by atoms with E-state index in [1.165, 1.54) is 0 Å². The summed E-state index contributed by atoms with van der Waals surface area (Å²) in [4.78, 5) is 11.7. The molecule has 4 nitrogen and oxygen atoms in total. The molecule has 1 saturated heterocycles. The third-order valence-corrected chi connectivity index (χ3v) is 2.71. The average molecular weight is 256 g/mol. The van der Waals surface area contributed by atoms with Crippen LogP contribution in [0.15, 0.2) is 24.3 Å². The number of carbonyl (C=O) groups excluding carboxylic acids is 1. The van der Waals surface area contributed by atoms with Crippen LogP contribution in [-0.4, -0.2) is 32.0 Å². The molecule has 0 aliphatic carbocycles. The summed E-state index contributed by atoms with van der Waals surface area (Å²) in [6, 6.07) is 6.78. The topological polar surface area (TPSA) is 47.6 Å². The van der Waals surface area contributed by atoms with Gasteiger partial charge in [-0.15, -0.1) is 0 Å². The van der Waals surface area contributed by atoms with Crippen LogP contribution in [0.5, 0.6) is 0 Å². The van der Waals surface area contributed by atoms with Crippen LogP contribution >= 0.6 is 11.6 Å². The van der Waals surface area contributed by atoms with Crippen molar-refractivity contribution < 1.29 is 14.3 Å². The monoisotopic (exact) mass is 255 g/mol. The molecule has 2 rings (SSSR count). The van der Waals surface area contributed by atoms with E-state index in [1.54, 1.807) is 24.3 Å². The molecule has 1 aromatic rings. The van der Waals surface area contributed by atoms with Crippen LogP contribution in [0.25, 0.3) is 0 Å². The molecule has 0 spiro atoms. The summed E-state index contributed by atoms with van der Waals surface area (Å²) in [5, 5.41) is 3.42. The third kappa shape index (κ3) is 3.70. The lowest BCUT2D eigenvalue weighted by Crippen LogP contribution is -2.27. The molecule has 0 atom stereocenters. The van der Waals surface area contributed by atoms with Gasteiger partial charge in [-0.3, -0.25) is 4.79 Å². The Bertz CT molecular complexity index is 374. The zero-order valence-electron chi connectivity index (χ0n) is 9.32. The van der Waals surface area contributed by atoms with E-state index >= 15 is 0 Å². The van der Waals surface area contributed by atoms with Crippen molar-refractivity contribution in [3.05, 3.63) is 34.9 Å². The summed E-state index contributed by atoms with van der Waals surface area (Å²) >= 11 is 5.74. The number of hydrogen-bond acceptors (Lipinski definition) is 3. The smallest absolute Gasteiger partial charge is 0.251 e. The van der Waals surface area contributed by atoms with Crippen LogP contribution < -0.4 is 5.32 Å². The first kappa shape index (κ1) is 12.4. The Balaban J connectivity index is 1.75. The van der Waals surface area contributed by atoms with Gasteiger partial charge in [0.2, 0.25) is 0 Å². The van der Waals surface area contributed by atoms with Gasteiger partial charge in [-0.1, -0.05) is 11.6 Å². The second-order valence-corrected chi connectivity index (χ2v) is 4.16. The van der Waals surface area contributed by atoms with Crippen LogP contribution in [0.3, 0.4) is 0 Å². The first-order valence-corrected chi connectivity index (χ1v) is 5.90. The number of hydrogen-bond donors (Lipinski definition) is 1. The van der Waals surface area contributed by atoms with Gasteiger partial charge < -0.3 is 14.8 Å². The minimum Gasteiger partial charge on any atom is -0.352 e. The van der Waals surface area contributed by atoms with Gasteiger partial charge in [0.25, 0.3) is 5.91 Å². The lowest BCUT2D eigenvalue weighted by molar-refractivity contribution is -0.0455. The highest BCUT2D eigenvalue weighted by atomic mass is 35.5. The fourth-order valence-corrected chi connectivity index (χ4v) is 1.71. The Morgan fingerprint density at radius 3 is 2.59 bits per heavy atom. The Hall–Kier alpha value is -1.10. The second kappa shape index (κ2) is 6.00. The summed E-state index contributed by atoms with van der Waals surface area (Å²) in [5.41, 5.74) is 0.600. The maximum absolute atomic E-state index is 11.7. The fraction of sp³-hybridized carbons (Fsp3) is 0.417. The molecule has 1 N–H and O–H groups in total. The Kier molecular flexibility index (Phi) is 4.36. The summed E-state index contributed by atoms with van der Waals surface area (Å²) < 4.78 is 10.5. The van der Waals surface area contributed by atoms with Crippen LogP contribution in [0.4, 0.5) is 0 Å². The normalized spacial score (nSPS) is 16.1. The molecular formula is C12H14ClNO3. The lowest BCUT2D eigenvalue weighted by Gasteiger charge is -2.09. The van der Waals surface area contributed by atoms with Crippen molar-refractivity contribution in [3.8, 4) is 0 Å². The number of amides is 1. The number of carbonyl (C=O) groups is 1. The molecule has 1 aromatic carbocycles. The third-order valence-electron chi connectivity index (χ3n) is 2.46. The summed E-state index contributed by atoms with van der Waals surface area (Å²) in [6.45, 7) is 1.80. The molecule has 0 unspecified atom stereocenters. The molecule has 17 heavy (non-hydrogen) atoms. The van der Waals surface area contributed by atoms with E-state index in [9.17, 15) is 4.79 Å². The highest BCUT2D eigenvalue weighted by Gasteiger charge is 2.15. The Labute approximate surface area is 105 Å². The Morgan fingerprint density at radius 2 is 1.94 bits per heavy atom. The van der Waals surface area contributed by atoms with E-state index in [4.69, 9.17) is 21.1 Å². The van der Waals surface area contributed by atoms with Crippen molar-refractivity contribution in [1.29, 1.82) is 0 Å². The first-order chi connectivity index (χ1) is 8.25. The van der Waals surface area contributed by atoms with Crippen LogP contribution in [0.1, 0.15) is 16.8 Å². The van der Waals surface area contributed by atoms with Gasteiger partial charge in [0.05, 0.1) is 13.2 Å². The average Bonchev–Trinajstić information content (AvgIpc) is 2.83. The molecule has 1 aliphatic rings. The van der Waals surface area contributed by atoms with Gasteiger partial charge in [-0.2, -0.15) is 0 Å². The molecule has 0 saturated carbocycles. The predicted octanol–water partition coefficient (Wildman–Crippen LogP) is 1.83. The van der Waals surface area contributed by atoms with Gasteiger partial charge in [-0.05, 0) is 24.3 Å². The van der Waals surface area contributed by atoms with Crippen molar-refractivity contribution in [3.63, 3.8) is 0 Å². The van der Waals surface area contributed by atoms with E-state index in [-0.39, 0.29) is 12.2 Å². The lowest BCUT2D eigenvalue weighted by atomic mass is 10.2. The van der Waals surface area contributed by atoms with Gasteiger partial charge in [0, 0.05) is 23.6 Å². The van der Waals surface area contributed by atoms with Crippen molar-refractivity contribution in [2.24, 2.45) is 0 Å². The summed E-state index contributed by atoms with van der Waals surface area (Å²) in [5.74, 6) is -0.111. The minimum atomic E-state index is -0.180. The molecule has 0 bridgehead atoms. The van der Waals surface area contributed by atoms with E-state index in [0.717, 1.165) is 0 Å². The predicted molar refractivity (Wildman–Crippen MR) is 64.1 cm³/mol. The van der Waals surface area contributed by atoms with Crippen molar-refractivity contribution in [2.75, 3.05) is 19.8 Å². The van der Waals surface area contributed by atoms with E-state index in [0.29, 0.717) is 36.8 Å². The van der Waals surface area contributed by atoms with E-state index in [2.05, 4.69) is 5.32 Å². The molecule has 5 heteroatoms. The first-order valence-electron chi connectivity index (χ1n) is 5.53. The molecule has 0 aromatic heterocycles. The van der Waals surface area contributed by atoms with Gasteiger partial charge in [-0.25, -0.2) is 0 Å². The standard InChI is InChI=1S/C12H14ClNO3/c13-10-3-1-9(2-4-10)12(15)14-6-5-11-16-7-8-17-11/h1-4,11H,5-8H2,(H,14,15). The minimum absolute atomic E-state index is 0.111. The number of ether oxygens (including phenoxy) is 2. The molecular weight excluding hydrogens is 242 g/mol. The van der Waals surface area contributed by atoms with Crippen molar-refractivity contribution >= 4 is 17.5 Å². The van der Waals surface area contributed by atoms with Gasteiger partial charge in [0.1, 0.15) is 0 Å². The van der Waals surface area contributed by atoms with Crippen LogP contribution in [0, 0.1) is 0 Å². The molecule has 1 aliphatic heterocycles. The fourth-order valence-electron chi connectivity index (χ4n) is 1.58. The highest BCUT2D eigenvalue weighted by Crippen LogP contribution is 2.10. The SMILES string of the molecule is O=C(NCCC1OCCO1)c1ccc(Cl)cc1. The summed E-state index contributed by atoms with van der Waals surface area (Å²) in [7, 11) is 0. The number of nitrogens with one attached hydrogen (secondary N) is 1. The van der Waals surface area contributed by atoms with Crippen LogP contribution in [-0.2, 0) is 9.47 Å². The van der Waals surface area contributed by atoms with E-state index < -0.39 is 0 Å². The van der Waals surface area contributed by atoms with Crippen LogP contribution in [0.2, 0.25) is 5.02 Å². The molecule has 1 fully saturated rings. The second-order valence-electron chi connectivity index (χ2n) is 3.72. The van der Waals surface area contributed by atoms with Gasteiger partial charge >= 0.3 is 0 Å². The molecule has 0 radical (unpaired) electrons. The van der Waals surface area contributed by atoms with Crippen molar-refractivity contribution in [1.82, 2.24) is 5.32 Å². The van der Waals surface area contributed by atoms with E-state index in [1.807, 2.05) is 0 Å². The number of halogens is 1. The summed E-state index contributed by atoms with van der Waals surface area (Å²) in [6.07, 6.45) is 0.486. The maximum atomic E-state index is 11.7. The van der Waals surface area contributed by atoms with Gasteiger partial charge in [0.15, 0.2) is 6.29 Å². The molecule has 92 valence electrons. The quantitative estimate of drug-likeness (QED) is 0.893. The highest BCUT2D eigenvalue weighted by molar-refractivity contribution is 6.30. The van der Waals surface area contributed by atoms with Crippen molar-refractivity contribution in [2.45, 2.75) is 12.7 Å².